The van der Waals surface area contributed by atoms with E-state index in [1.807, 2.05) is 11.3 Å². The minimum Gasteiger partial charge on any atom is -0.313 e. The first-order chi connectivity index (χ1) is 5.95. The minimum atomic E-state index is 1.02. The number of aromatic nitrogens is 3. The number of aryl methyl sites for hydroxylation is 2. The van der Waals surface area contributed by atoms with Crippen LogP contribution in [-0.2, 0) is 13.0 Å². The second kappa shape index (κ2) is 2.17. The summed E-state index contributed by atoms with van der Waals surface area (Å²) in [4.78, 5) is 1.44. The lowest BCUT2D eigenvalue weighted by Crippen LogP contribution is -2.07. The van der Waals surface area contributed by atoms with Crippen LogP contribution in [0.15, 0.2) is 17.8 Å². The molecule has 3 nitrogen and oxygen atoms in total. The summed E-state index contributed by atoms with van der Waals surface area (Å²) >= 11 is 1.81. The molecule has 4 heteroatoms. The van der Waals surface area contributed by atoms with Crippen molar-refractivity contribution in [2.45, 2.75) is 13.0 Å². The molecule has 0 saturated heterocycles. The van der Waals surface area contributed by atoms with Gasteiger partial charge in [0.15, 0.2) is 5.82 Å². The highest BCUT2D eigenvalue weighted by Gasteiger charge is 2.17. The maximum atomic E-state index is 4.09. The normalized spacial score (nSPS) is 14.0. The SMILES string of the molecule is c1cc2c(s1)CCn1cnnc1-2. The van der Waals surface area contributed by atoms with E-state index >= 15 is 0 Å². The van der Waals surface area contributed by atoms with Crippen LogP contribution in [0.3, 0.4) is 0 Å². The monoisotopic (exact) mass is 177 g/mol. The van der Waals surface area contributed by atoms with Crippen LogP contribution >= 0.6 is 11.3 Å². The fourth-order valence-corrected chi connectivity index (χ4v) is 2.45. The van der Waals surface area contributed by atoms with Gasteiger partial charge in [-0.2, -0.15) is 0 Å². The van der Waals surface area contributed by atoms with Crippen molar-refractivity contribution in [3.8, 4) is 11.4 Å². The number of thiophene rings is 1. The molecule has 1 aliphatic heterocycles. The Bertz CT molecular complexity index is 375. The molecule has 3 heterocycles. The van der Waals surface area contributed by atoms with Gasteiger partial charge < -0.3 is 4.57 Å². The molecule has 0 fully saturated rings. The molecular weight excluding hydrogens is 170 g/mol. The van der Waals surface area contributed by atoms with E-state index in [1.165, 1.54) is 10.4 Å². The Labute approximate surface area is 73.7 Å². The van der Waals surface area contributed by atoms with E-state index in [9.17, 15) is 0 Å². The first kappa shape index (κ1) is 6.37. The van der Waals surface area contributed by atoms with Gasteiger partial charge in [0.1, 0.15) is 6.33 Å². The van der Waals surface area contributed by atoms with E-state index in [0.717, 1.165) is 18.8 Å². The number of fused-ring (bicyclic) bond motifs is 3. The van der Waals surface area contributed by atoms with Crippen molar-refractivity contribution < 1.29 is 0 Å². The van der Waals surface area contributed by atoms with Crippen LogP contribution in [0.25, 0.3) is 11.4 Å². The lowest BCUT2D eigenvalue weighted by Gasteiger charge is -2.12. The molecule has 3 rings (SSSR count). The van der Waals surface area contributed by atoms with Gasteiger partial charge in [0, 0.05) is 23.4 Å². The summed E-state index contributed by atoms with van der Waals surface area (Å²) in [5.41, 5.74) is 1.27. The fourth-order valence-electron chi connectivity index (χ4n) is 1.58. The first-order valence-electron chi connectivity index (χ1n) is 3.90. The van der Waals surface area contributed by atoms with E-state index < -0.39 is 0 Å². The average Bonchev–Trinajstić information content (AvgIpc) is 2.71. The van der Waals surface area contributed by atoms with Crippen molar-refractivity contribution in [1.82, 2.24) is 14.8 Å². The van der Waals surface area contributed by atoms with Crippen LogP contribution in [0.1, 0.15) is 4.88 Å². The minimum absolute atomic E-state index is 1.02. The predicted molar refractivity (Wildman–Crippen MR) is 47.0 cm³/mol. The third kappa shape index (κ3) is 0.701. The largest absolute Gasteiger partial charge is 0.313 e. The maximum Gasteiger partial charge on any atom is 0.164 e. The fraction of sp³-hybridized carbons (Fsp3) is 0.250. The van der Waals surface area contributed by atoms with E-state index in [4.69, 9.17) is 0 Å². The van der Waals surface area contributed by atoms with Gasteiger partial charge in [-0.05, 0) is 11.4 Å². The molecule has 0 radical (unpaired) electrons. The molecule has 2 aromatic heterocycles. The first-order valence-corrected chi connectivity index (χ1v) is 4.77. The Kier molecular flexibility index (Phi) is 1.15. The molecule has 1 aliphatic rings. The molecule has 0 bridgehead atoms. The molecule has 0 N–H and O–H groups in total. The Morgan fingerprint density at radius 2 is 2.50 bits per heavy atom. The smallest absolute Gasteiger partial charge is 0.164 e. The van der Waals surface area contributed by atoms with Crippen molar-refractivity contribution in [3.05, 3.63) is 22.7 Å². The van der Waals surface area contributed by atoms with Crippen molar-refractivity contribution in [3.63, 3.8) is 0 Å². The summed E-state index contributed by atoms with van der Waals surface area (Å²) in [7, 11) is 0. The molecule has 0 amide bonds. The van der Waals surface area contributed by atoms with Crippen molar-refractivity contribution in [1.29, 1.82) is 0 Å². The van der Waals surface area contributed by atoms with Crippen LogP contribution in [0.2, 0.25) is 0 Å². The van der Waals surface area contributed by atoms with Gasteiger partial charge in [0.05, 0.1) is 0 Å². The zero-order valence-corrected chi connectivity index (χ0v) is 7.21. The molecule has 12 heavy (non-hydrogen) atoms. The summed E-state index contributed by atoms with van der Waals surface area (Å²) < 4.78 is 2.11. The zero-order chi connectivity index (χ0) is 7.97. The van der Waals surface area contributed by atoms with Crippen LogP contribution in [0.4, 0.5) is 0 Å². The third-order valence-corrected chi connectivity index (χ3v) is 3.16. The maximum absolute atomic E-state index is 4.09. The second-order valence-corrected chi connectivity index (χ2v) is 3.86. The van der Waals surface area contributed by atoms with E-state index in [0.29, 0.717) is 0 Å². The van der Waals surface area contributed by atoms with Crippen molar-refractivity contribution in [2.24, 2.45) is 0 Å². The lowest BCUT2D eigenvalue weighted by molar-refractivity contribution is 0.689. The number of rotatable bonds is 0. The highest BCUT2D eigenvalue weighted by Crippen LogP contribution is 2.30. The quantitative estimate of drug-likeness (QED) is 0.611. The summed E-state index contributed by atoms with van der Waals surface area (Å²) in [6, 6.07) is 2.12. The standard InChI is InChI=1S/C8H7N3S/c1-3-11-5-9-10-8(11)6-2-4-12-7(1)6/h2,4-5H,1,3H2. The van der Waals surface area contributed by atoms with Crippen LogP contribution in [0, 0.1) is 0 Å². The van der Waals surface area contributed by atoms with Crippen LogP contribution in [-0.4, -0.2) is 14.8 Å². The molecular formula is C8H7N3S. The van der Waals surface area contributed by atoms with Gasteiger partial charge in [-0.1, -0.05) is 0 Å². The number of hydrogen-bond donors (Lipinski definition) is 0. The van der Waals surface area contributed by atoms with Gasteiger partial charge in [0.2, 0.25) is 0 Å². The summed E-state index contributed by atoms with van der Waals surface area (Å²) in [5.74, 6) is 1.03. The summed E-state index contributed by atoms with van der Waals surface area (Å²) in [6.45, 7) is 1.02. The Morgan fingerprint density at radius 3 is 3.50 bits per heavy atom. The number of hydrogen-bond acceptors (Lipinski definition) is 3. The van der Waals surface area contributed by atoms with Gasteiger partial charge >= 0.3 is 0 Å². The third-order valence-electron chi connectivity index (χ3n) is 2.18. The van der Waals surface area contributed by atoms with E-state index in [-0.39, 0.29) is 0 Å². The molecule has 0 aliphatic carbocycles. The Balaban J connectivity index is 2.32. The van der Waals surface area contributed by atoms with Gasteiger partial charge in [-0.3, -0.25) is 0 Å². The highest BCUT2D eigenvalue weighted by molar-refractivity contribution is 7.10. The predicted octanol–water partition coefficient (Wildman–Crippen LogP) is 1.56. The summed E-state index contributed by atoms with van der Waals surface area (Å²) in [6.07, 6.45) is 2.92. The molecule has 2 aromatic rings. The topological polar surface area (TPSA) is 30.7 Å². The summed E-state index contributed by atoms with van der Waals surface area (Å²) in [5, 5.41) is 10.1. The zero-order valence-electron chi connectivity index (χ0n) is 6.40. The Morgan fingerprint density at radius 1 is 1.50 bits per heavy atom. The van der Waals surface area contributed by atoms with Crippen molar-refractivity contribution >= 4 is 11.3 Å². The molecule has 60 valence electrons. The van der Waals surface area contributed by atoms with Crippen LogP contribution < -0.4 is 0 Å². The Hall–Kier alpha value is -1.16. The molecule has 0 saturated carbocycles. The lowest BCUT2D eigenvalue weighted by atomic mass is 10.1. The van der Waals surface area contributed by atoms with Crippen LogP contribution in [0.5, 0.6) is 0 Å². The molecule has 0 aromatic carbocycles. The van der Waals surface area contributed by atoms with E-state index in [2.05, 4.69) is 26.2 Å². The highest BCUT2D eigenvalue weighted by atomic mass is 32.1. The molecule has 0 atom stereocenters. The number of nitrogens with zero attached hydrogens (tertiary/aromatic N) is 3. The van der Waals surface area contributed by atoms with Gasteiger partial charge in [-0.25, -0.2) is 0 Å². The molecule has 0 unspecified atom stereocenters. The second-order valence-electron chi connectivity index (χ2n) is 2.86. The van der Waals surface area contributed by atoms with Crippen molar-refractivity contribution in [2.75, 3.05) is 0 Å². The van der Waals surface area contributed by atoms with Gasteiger partial charge in [-0.15, -0.1) is 21.5 Å². The molecule has 0 spiro atoms. The average molecular weight is 177 g/mol. The van der Waals surface area contributed by atoms with Gasteiger partial charge in [0.25, 0.3) is 0 Å². The van der Waals surface area contributed by atoms with E-state index in [1.54, 1.807) is 6.33 Å².